The Morgan fingerprint density at radius 1 is 1.06 bits per heavy atom. The number of carbonyl (C=O) groups excluding carboxylic acids is 2. The van der Waals surface area contributed by atoms with Crippen LogP contribution in [0.25, 0.3) is 11.3 Å². The van der Waals surface area contributed by atoms with Gasteiger partial charge in [0.25, 0.3) is 5.91 Å². The summed E-state index contributed by atoms with van der Waals surface area (Å²) in [4.78, 5) is 24.9. The van der Waals surface area contributed by atoms with Crippen molar-refractivity contribution in [1.29, 1.82) is 0 Å². The van der Waals surface area contributed by atoms with Crippen LogP contribution in [-0.2, 0) is 24.3 Å². The van der Waals surface area contributed by atoms with E-state index in [1.807, 2.05) is 30.3 Å². The minimum atomic E-state index is -3.73. The molecule has 186 valence electrons. The second-order valence-corrected chi connectivity index (χ2v) is 10.0. The molecule has 0 unspecified atom stereocenters. The van der Waals surface area contributed by atoms with Gasteiger partial charge in [-0.1, -0.05) is 30.3 Å². The molecule has 0 atom stereocenters. The van der Waals surface area contributed by atoms with E-state index in [4.69, 9.17) is 10.5 Å². The number of amides is 1. The van der Waals surface area contributed by atoms with Crippen LogP contribution in [0.2, 0.25) is 0 Å². The standard InChI is InChI=1S/C26H26N4O5S/c1-3-35-23(31)16-30(36(2,33)34)20-12-10-19(11-13-20)28-25(17-7-5-4-6-8-17)24-21-15-18(27)9-14-22(21)29-26(24)32/h4-15,28H,3,16,27H2,1-2H3,(H,29,32)/b25-24-. The zero-order valence-electron chi connectivity index (χ0n) is 19.8. The lowest BCUT2D eigenvalue weighted by Gasteiger charge is -2.22. The Morgan fingerprint density at radius 3 is 2.39 bits per heavy atom. The van der Waals surface area contributed by atoms with Crippen LogP contribution in [0.4, 0.5) is 22.7 Å². The zero-order valence-corrected chi connectivity index (χ0v) is 20.6. The first-order valence-electron chi connectivity index (χ1n) is 11.2. The Balaban J connectivity index is 1.73. The van der Waals surface area contributed by atoms with Gasteiger partial charge in [-0.2, -0.15) is 0 Å². The Kier molecular flexibility index (Phi) is 6.98. The van der Waals surface area contributed by atoms with Gasteiger partial charge in [0.1, 0.15) is 6.54 Å². The molecule has 3 aromatic rings. The number of nitrogen functional groups attached to an aromatic ring is 1. The minimum absolute atomic E-state index is 0.151. The minimum Gasteiger partial charge on any atom is -0.465 e. The Bertz CT molecular complexity index is 1430. The molecule has 4 rings (SSSR count). The lowest BCUT2D eigenvalue weighted by atomic mass is 9.99. The van der Waals surface area contributed by atoms with Gasteiger partial charge >= 0.3 is 5.97 Å². The van der Waals surface area contributed by atoms with Gasteiger partial charge in [0.15, 0.2) is 0 Å². The molecule has 4 N–H and O–H groups in total. The second kappa shape index (κ2) is 10.1. The van der Waals surface area contributed by atoms with Crippen molar-refractivity contribution < 1.29 is 22.7 Å². The van der Waals surface area contributed by atoms with E-state index in [0.717, 1.165) is 16.1 Å². The monoisotopic (exact) mass is 506 g/mol. The number of carbonyl (C=O) groups is 2. The first-order valence-corrected chi connectivity index (χ1v) is 13.0. The molecule has 0 radical (unpaired) electrons. The van der Waals surface area contributed by atoms with Gasteiger partial charge in [-0.25, -0.2) is 8.42 Å². The maximum Gasteiger partial charge on any atom is 0.326 e. The summed E-state index contributed by atoms with van der Waals surface area (Å²) in [5, 5.41) is 6.18. The van der Waals surface area contributed by atoms with Crippen LogP contribution < -0.4 is 20.7 Å². The Hall–Kier alpha value is -4.31. The highest BCUT2D eigenvalue weighted by Gasteiger charge is 2.29. The van der Waals surface area contributed by atoms with Crippen LogP contribution >= 0.6 is 0 Å². The Labute approximate surface area is 209 Å². The predicted octanol–water partition coefficient (Wildman–Crippen LogP) is 3.53. The van der Waals surface area contributed by atoms with E-state index in [0.29, 0.717) is 39.6 Å². The number of anilines is 4. The Morgan fingerprint density at radius 2 is 1.75 bits per heavy atom. The molecule has 1 heterocycles. The average Bonchev–Trinajstić information content (AvgIpc) is 3.16. The molecule has 0 saturated heterocycles. The SMILES string of the molecule is CCOC(=O)CN(c1ccc(N/C(=C2\C(=O)Nc3ccc(N)cc32)c2ccccc2)cc1)S(C)(=O)=O. The third kappa shape index (κ3) is 5.33. The zero-order chi connectivity index (χ0) is 25.9. The van der Waals surface area contributed by atoms with E-state index < -0.39 is 22.5 Å². The van der Waals surface area contributed by atoms with E-state index in [9.17, 15) is 18.0 Å². The third-order valence-electron chi connectivity index (χ3n) is 5.50. The molecular weight excluding hydrogens is 480 g/mol. The largest absolute Gasteiger partial charge is 0.465 e. The summed E-state index contributed by atoms with van der Waals surface area (Å²) < 4.78 is 30.5. The van der Waals surface area contributed by atoms with Crippen LogP contribution in [0.3, 0.4) is 0 Å². The van der Waals surface area contributed by atoms with E-state index in [-0.39, 0.29) is 12.5 Å². The van der Waals surface area contributed by atoms with Crippen LogP contribution in [0.5, 0.6) is 0 Å². The van der Waals surface area contributed by atoms with Crippen molar-refractivity contribution in [1.82, 2.24) is 0 Å². The first kappa shape index (κ1) is 24.8. The maximum atomic E-state index is 13.0. The van der Waals surface area contributed by atoms with E-state index in [1.165, 1.54) is 0 Å². The molecular formula is C26H26N4O5S. The number of hydrogen-bond donors (Lipinski definition) is 3. The molecule has 0 fully saturated rings. The molecule has 10 heteroatoms. The molecule has 36 heavy (non-hydrogen) atoms. The lowest BCUT2D eigenvalue weighted by Crippen LogP contribution is -2.35. The number of rotatable bonds is 8. The highest BCUT2D eigenvalue weighted by atomic mass is 32.2. The molecule has 1 amide bonds. The van der Waals surface area contributed by atoms with Crippen molar-refractivity contribution in [2.45, 2.75) is 6.92 Å². The smallest absolute Gasteiger partial charge is 0.326 e. The number of nitrogens with one attached hydrogen (secondary N) is 2. The molecule has 0 spiro atoms. The van der Waals surface area contributed by atoms with Gasteiger partial charge in [0.05, 0.1) is 29.8 Å². The van der Waals surface area contributed by atoms with Crippen molar-refractivity contribution in [3.63, 3.8) is 0 Å². The number of benzene rings is 3. The topological polar surface area (TPSA) is 131 Å². The highest BCUT2D eigenvalue weighted by molar-refractivity contribution is 7.92. The molecule has 0 saturated carbocycles. The third-order valence-corrected chi connectivity index (χ3v) is 6.64. The van der Waals surface area contributed by atoms with Crippen LogP contribution in [0.1, 0.15) is 18.1 Å². The summed E-state index contributed by atoms with van der Waals surface area (Å²) in [6.07, 6.45) is 1.03. The summed E-state index contributed by atoms with van der Waals surface area (Å²) >= 11 is 0. The number of nitrogens with two attached hydrogens (primary N) is 1. The summed E-state index contributed by atoms with van der Waals surface area (Å²) in [6, 6.07) is 21.1. The number of hydrogen-bond acceptors (Lipinski definition) is 7. The molecule has 0 aromatic heterocycles. The second-order valence-electron chi connectivity index (χ2n) is 8.12. The van der Waals surface area contributed by atoms with Gasteiger partial charge in [-0.3, -0.25) is 13.9 Å². The fourth-order valence-corrected chi connectivity index (χ4v) is 4.74. The predicted molar refractivity (Wildman–Crippen MR) is 142 cm³/mol. The maximum absolute atomic E-state index is 13.0. The summed E-state index contributed by atoms with van der Waals surface area (Å²) in [5.41, 5.74) is 10.6. The molecule has 1 aliphatic rings. The van der Waals surface area contributed by atoms with Gasteiger partial charge in [0, 0.05) is 22.6 Å². The summed E-state index contributed by atoms with van der Waals surface area (Å²) in [7, 11) is -3.73. The molecule has 3 aromatic carbocycles. The number of nitrogens with zero attached hydrogens (tertiary/aromatic N) is 1. The van der Waals surface area contributed by atoms with E-state index >= 15 is 0 Å². The fraction of sp³-hybridized carbons (Fsp3) is 0.154. The van der Waals surface area contributed by atoms with E-state index in [1.54, 1.807) is 49.4 Å². The lowest BCUT2D eigenvalue weighted by molar-refractivity contribution is -0.141. The van der Waals surface area contributed by atoms with Gasteiger partial charge in [0.2, 0.25) is 10.0 Å². The van der Waals surface area contributed by atoms with Crippen LogP contribution in [0.15, 0.2) is 72.8 Å². The number of fused-ring (bicyclic) bond motifs is 1. The van der Waals surface area contributed by atoms with Crippen LogP contribution in [-0.4, -0.2) is 39.7 Å². The van der Waals surface area contributed by atoms with Crippen LogP contribution in [0, 0.1) is 0 Å². The highest BCUT2D eigenvalue weighted by Crippen LogP contribution is 2.38. The first-order chi connectivity index (χ1) is 17.2. The van der Waals surface area contributed by atoms with Gasteiger partial charge < -0.3 is 21.1 Å². The number of ether oxygens (including phenoxy) is 1. The fourth-order valence-electron chi connectivity index (χ4n) is 3.90. The summed E-state index contributed by atoms with van der Waals surface area (Å²) in [5.74, 6) is -0.914. The van der Waals surface area contributed by atoms with Gasteiger partial charge in [-0.15, -0.1) is 0 Å². The molecule has 9 nitrogen and oxygen atoms in total. The van der Waals surface area contributed by atoms with Crippen molar-refractivity contribution >= 4 is 55.9 Å². The molecule has 1 aliphatic heterocycles. The van der Waals surface area contributed by atoms with Crippen molar-refractivity contribution in [3.8, 4) is 0 Å². The number of esters is 1. The molecule has 0 aliphatic carbocycles. The van der Waals surface area contributed by atoms with Crippen molar-refractivity contribution in [2.24, 2.45) is 0 Å². The normalized spacial score (nSPS) is 14.0. The van der Waals surface area contributed by atoms with Crippen molar-refractivity contribution in [2.75, 3.05) is 40.1 Å². The summed E-state index contributed by atoms with van der Waals surface area (Å²) in [6.45, 7) is 1.37. The quantitative estimate of drug-likeness (QED) is 0.242. The van der Waals surface area contributed by atoms with Gasteiger partial charge in [-0.05, 0) is 55.0 Å². The van der Waals surface area contributed by atoms with Crippen molar-refractivity contribution in [3.05, 3.63) is 83.9 Å². The number of sulfonamides is 1. The average molecular weight is 507 g/mol. The molecule has 0 bridgehead atoms. The van der Waals surface area contributed by atoms with E-state index in [2.05, 4.69) is 10.6 Å².